The highest BCUT2D eigenvalue weighted by Crippen LogP contribution is 2.29. The van der Waals surface area contributed by atoms with E-state index in [2.05, 4.69) is 5.32 Å². The molecule has 0 spiro atoms. The maximum absolute atomic E-state index is 12.9. The summed E-state index contributed by atoms with van der Waals surface area (Å²) in [6, 6.07) is 11.4. The smallest absolute Gasteiger partial charge is 0.338 e. The number of anilines is 1. The van der Waals surface area contributed by atoms with Crippen molar-refractivity contribution in [1.29, 1.82) is 0 Å². The number of nitrogens with one attached hydrogen (secondary N) is 1. The van der Waals surface area contributed by atoms with Crippen LogP contribution in [0.2, 0.25) is 0 Å². The van der Waals surface area contributed by atoms with Gasteiger partial charge in [-0.15, -0.1) is 11.8 Å². The number of carbonyl (C=O) groups is 1. The molecule has 0 fully saturated rings. The van der Waals surface area contributed by atoms with Crippen molar-refractivity contribution in [3.8, 4) is 0 Å². The second-order valence-electron chi connectivity index (χ2n) is 4.61. The Kier molecular flexibility index (Phi) is 4.85. The predicted molar refractivity (Wildman–Crippen MR) is 83.6 cm³/mol. The van der Waals surface area contributed by atoms with E-state index < -0.39 is 5.97 Å². The summed E-state index contributed by atoms with van der Waals surface area (Å²) in [5, 5.41) is 12.6. The maximum atomic E-state index is 12.9. The van der Waals surface area contributed by atoms with Crippen molar-refractivity contribution in [1.82, 2.24) is 0 Å². The first-order chi connectivity index (χ1) is 10.0. The molecule has 2 aromatic carbocycles. The van der Waals surface area contributed by atoms with Crippen molar-refractivity contribution < 1.29 is 14.3 Å². The molecule has 0 aliphatic heterocycles. The lowest BCUT2D eigenvalue weighted by atomic mass is 10.1. The molecule has 1 atom stereocenters. The Morgan fingerprint density at radius 2 is 1.90 bits per heavy atom. The van der Waals surface area contributed by atoms with Crippen molar-refractivity contribution in [3.63, 3.8) is 0 Å². The number of thioether (sulfide) groups is 1. The van der Waals surface area contributed by atoms with Gasteiger partial charge in [-0.25, -0.2) is 9.18 Å². The zero-order valence-electron chi connectivity index (χ0n) is 11.8. The third-order valence-electron chi connectivity index (χ3n) is 3.20. The van der Waals surface area contributed by atoms with Gasteiger partial charge in [-0.05, 0) is 43.0 Å². The van der Waals surface area contributed by atoms with Gasteiger partial charge in [0.25, 0.3) is 0 Å². The number of carboxylic acids is 1. The van der Waals surface area contributed by atoms with Gasteiger partial charge in [-0.1, -0.05) is 18.2 Å². The Balaban J connectivity index is 2.30. The number of halogens is 1. The molecule has 0 aliphatic carbocycles. The van der Waals surface area contributed by atoms with Gasteiger partial charge < -0.3 is 10.4 Å². The van der Waals surface area contributed by atoms with Crippen LogP contribution in [0.4, 0.5) is 10.1 Å². The minimum atomic E-state index is -0.964. The van der Waals surface area contributed by atoms with Crippen LogP contribution in [-0.4, -0.2) is 17.3 Å². The number of aromatic carboxylic acids is 1. The topological polar surface area (TPSA) is 49.3 Å². The van der Waals surface area contributed by atoms with E-state index in [1.807, 2.05) is 19.2 Å². The Bertz CT molecular complexity index is 643. The fourth-order valence-electron chi connectivity index (χ4n) is 2.11. The van der Waals surface area contributed by atoms with Gasteiger partial charge in [-0.2, -0.15) is 0 Å². The van der Waals surface area contributed by atoms with Gasteiger partial charge in [-0.3, -0.25) is 0 Å². The summed E-state index contributed by atoms with van der Waals surface area (Å²) in [6.07, 6.45) is 1.84. The Labute approximate surface area is 127 Å². The lowest BCUT2D eigenvalue weighted by Gasteiger charge is -2.18. The molecule has 0 heterocycles. The van der Waals surface area contributed by atoms with Crippen LogP contribution in [0.15, 0.2) is 47.4 Å². The number of rotatable bonds is 5. The fraction of sp³-hybridized carbons (Fsp3) is 0.188. The molecule has 2 aromatic rings. The first-order valence-electron chi connectivity index (χ1n) is 6.45. The van der Waals surface area contributed by atoms with Gasteiger partial charge in [0.1, 0.15) is 5.82 Å². The molecular weight excluding hydrogens is 289 g/mol. The Morgan fingerprint density at radius 3 is 2.48 bits per heavy atom. The standard InChI is InChI=1S/C16H16FNO2S/c1-10(11-6-8-12(17)9-7-11)18-13-4-3-5-14(21-2)15(13)16(19)20/h3-10,18H,1-2H3,(H,19,20). The second kappa shape index (κ2) is 6.63. The lowest BCUT2D eigenvalue weighted by Crippen LogP contribution is -2.11. The number of benzene rings is 2. The summed E-state index contributed by atoms with van der Waals surface area (Å²) < 4.78 is 12.9. The summed E-state index contributed by atoms with van der Waals surface area (Å²) in [5.74, 6) is -1.25. The summed E-state index contributed by atoms with van der Waals surface area (Å²) in [4.78, 5) is 12.2. The molecule has 0 saturated carbocycles. The molecule has 5 heteroatoms. The second-order valence-corrected chi connectivity index (χ2v) is 5.45. The fourth-order valence-corrected chi connectivity index (χ4v) is 2.73. The average molecular weight is 305 g/mol. The molecular formula is C16H16FNO2S. The van der Waals surface area contributed by atoms with Crippen LogP contribution in [0, 0.1) is 5.82 Å². The molecule has 0 amide bonds. The zero-order valence-corrected chi connectivity index (χ0v) is 12.6. The van der Waals surface area contributed by atoms with E-state index in [-0.39, 0.29) is 17.4 Å². The van der Waals surface area contributed by atoms with E-state index in [0.717, 1.165) is 5.56 Å². The molecule has 0 saturated heterocycles. The summed E-state index contributed by atoms with van der Waals surface area (Å²) in [7, 11) is 0. The number of hydrogen-bond acceptors (Lipinski definition) is 3. The average Bonchev–Trinajstić information content (AvgIpc) is 2.47. The van der Waals surface area contributed by atoms with Crippen LogP contribution >= 0.6 is 11.8 Å². The SMILES string of the molecule is CSc1cccc(NC(C)c2ccc(F)cc2)c1C(=O)O. The first kappa shape index (κ1) is 15.4. The molecule has 0 aromatic heterocycles. The largest absolute Gasteiger partial charge is 0.478 e. The molecule has 0 bridgehead atoms. The van der Waals surface area contributed by atoms with Gasteiger partial charge in [0.15, 0.2) is 0 Å². The third kappa shape index (κ3) is 3.55. The molecule has 0 aliphatic rings. The van der Waals surface area contributed by atoms with Crippen molar-refractivity contribution in [3.05, 3.63) is 59.4 Å². The predicted octanol–water partition coefficient (Wildman–Crippen LogP) is 4.42. The third-order valence-corrected chi connectivity index (χ3v) is 3.98. The molecule has 2 N–H and O–H groups in total. The number of hydrogen-bond donors (Lipinski definition) is 2. The highest BCUT2D eigenvalue weighted by atomic mass is 32.2. The van der Waals surface area contributed by atoms with Gasteiger partial charge in [0.05, 0.1) is 11.3 Å². The molecule has 0 radical (unpaired) electrons. The van der Waals surface area contributed by atoms with Crippen molar-refractivity contribution >= 4 is 23.4 Å². The highest BCUT2D eigenvalue weighted by molar-refractivity contribution is 7.98. The minimum absolute atomic E-state index is 0.124. The Morgan fingerprint density at radius 1 is 1.24 bits per heavy atom. The van der Waals surface area contributed by atoms with E-state index in [1.165, 1.54) is 23.9 Å². The lowest BCUT2D eigenvalue weighted by molar-refractivity contribution is 0.0694. The van der Waals surface area contributed by atoms with Crippen LogP contribution in [0.5, 0.6) is 0 Å². The van der Waals surface area contributed by atoms with Gasteiger partial charge in [0.2, 0.25) is 0 Å². The molecule has 21 heavy (non-hydrogen) atoms. The van der Waals surface area contributed by atoms with Crippen LogP contribution in [0.1, 0.15) is 28.9 Å². The highest BCUT2D eigenvalue weighted by Gasteiger charge is 2.16. The monoisotopic (exact) mass is 305 g/mol. The van der Waals surface area contributed by atoms with Gasteiger partial charge in [0, 0.05) is 10.9 Å². The maximum Gasteiger partial charge on any atom is 0.338 e. The molecule has 3 nitrogen and oxygen atoms in total. The van der Waals surface area contributed by atoms with Gasteiger partial charge >= 0.3 is 5.97 Å². The minimum Gasteiger partial charge on any atom is -0.478 e. The van der Waals surface area contributed by atoms with E-state index in [0.29, 0.717) is 10.6 Å². The first-order valence-corrected chi connectivity index (χ1v) is 7.67. The van der Waals surface area contributed by atoms with Crippen LogP contribution in [0.3, 0.4) is 0 Å². The Hall–Kier alpha value is -2.01. The van der Waals surface area contributed by atoms with E-state index in [1.54, 1.807) is 24.3 Å². The molecule has 2 rings (SSSR count). The normalized spacial score (nSPS) is 12.0. The molecule has 110 valence electrons. The van der Waals surface area contributed by atoms with Crippen molar-refractivity contribution in [2.24, 2.45) is 0 Å². The van der Waals surface area contributed by atoms with Crippen LogP contribution in [0.25, 0.3) is 0 Å². The summed E-state index contributed by atoms with van der Waals surface area (Å²) >= 11 is 1.39. The van der Waals surface area contributed by atoms with E-state index >= 15 is 0 Å². The van der Waals surface area contributed by atoms with E-state index in [4.69, 9.17) is 0 Å². The quantitative estimate of drug-likeness (QED) is 0.803. The van der Waals surface area contributed by atoms with Crippen LogP contribution in [-0.2, 0) is 0 Å². The van der Waals surface area contributed by atoms with E-state index in [9.17, 15) is 14.3 Å². The van der Waals surface area contributed by atoms with Crippen molar-refractivity contribution in [2.45, 2.75) is 17.9 Å². The zero-order chi connectivity index (χ0) is 15.4. The van der Waals surface area contributed by atoms with Crippen LogP contribution < -0.4 is 5.32 Å². The summed E-state index contributed by atoms with van der Waals surface area (Å²) in [6.45, 7) is 1.91. The number of carboxylic acid groups (broad SMARTS) is 1. The summed E-state index contributed by atoms with van der Waals surface area (Å²) in [5.41, 5.74) is 1.72. The van der Waals surface area contributed by atoms with Crippen molar-refractivity contribution in [2.75, 3.05) is 11.6 Å². The molecule has 1 unspecified atom stereocenters.